The number of benzene rings is 2. The molecule has 0 aliphatic heterocycles. The number of pyridine rings is 1. The van der Waals surface area contributed by atoms with Crippen LogP contribution in [0, 0.1) is 24.0 Å². The predicted molar refractivity (Wildman–Crippen MR) is 98.9 cm³/mol. The summed E-state index contributed by atoms with van der Waals surface area (Å²) in [5.41, 5.74) is 3.22. The Balaban J connectivity index is 1.76. The minimum atomic E-state index is -0.659. The van der Waals surface area contributed by atoms with Gasteiger partial charge in [0.1, 0.15) is 17.2 Å². The number of esters is 1. The molecule has 1 heterocycles. The van der Waals surface area contributed by atoms with Crippen LogP contribution in [0.1, 0.15) is 21.6 Å². The van der Waals surface area contributed by atoms with Crippen LogP contribution in [0.15, 0.2) is 54.7 Å². The zero-order valence-corrected chi connectivity index (χ0v) is 14.7. The van der Waals surface area contributed by atoms with Crippen LogP contribution in [0.2, 0.25) is 0 Å². The maximum atomic E-state index is 12.2. The molecule has 0 amide bonds. The van der Waals surface area contributed by atoms with E-state index in [0.29, 0.717) is 0 Å². The van der Waals surface area contributed by atoms with E-state index < -0.39 is 10.9 Å². The maximum Gasteiger partial charge on any atom is 0.362 e. The molecule has 0 saturated heterocycles. The van der Waals surface area contributed by atoms with Gasteiger partial charge in [0.15, 0.2) is 0 Å². The monoisotopic (exact) mass is 364 g/mol. The summed E-state index contributed by atoms with van der Waals surface area (Å²) in [5, 5.41) is 20.5. The molecule has 27 heavy (non-hydrogen) atoms. The van der Waals surface area contributed by atoms with Crippen molar-refractivity contribution in [1.29, 1.82) is 0 Å². The summed E-state index contributed by atoms with van der Waals surface area (Å²) in [4.78, 5) is 26.4. The number of ether oxygens (including phenoxy) is 1. The minimum Gasteiger partial charge on any atom is -0.507 e. The first kappa shape index (κ1) is 18.1. The minimum absolute atomic E-state index is 0.0863. The van der Waals surface area contributed by atoms with Gasteiger partial charge in [-0.15, -0.1) is 0 Å². The van der Waals surface area contributed by atoms with E-state index in [9.17, 15) is 20.0 Å². The molecule has 0 atom stereocenters. The molecule has 3 rings (SSSR count). The smallest absolute Gasteiger partial charge is 0.362 e. The van der Waals surface area contributed by atoms with Gasteiger partial charge in [-0.05, 0) is 60.9 Å². The number of hydrogen-bond donors (Lipinski definition) is 1. The lowest BCUT2D eigenvalue weighted by atomic mass is 10.0. The second-order valence-electron chi connectivity index (χ2n) is 6.03. The zero-order valence-electron chi connectivity index (χ0n) is 14.7. The summed E-state index contributed by atoms with van der Waals surface area (Å²) in [6.07, 6.45) is 1.55. The van der Waals surface area contributed by atoms with Crippen molar-refractivity contribution in [2.75, 3.05) is 0 Å². The molecule has 1 N–H and O–H groups in total. The van der Waals surface area contributed by atoms with Gasteiger partial charge in [-0.2, -0.15) is 0 Å². The Morgan fingerprint density at radius 1 is 1.04 bits per heavy atom. The summed E-state index contributed by atoms with van der Waals surface area (Å²) in [5.74, 6) is -0.204. The summed E-state index contributed by atoms with van der Waals surface area (Å²) >= 11 is 0. The first-order valence-corrected chi connectivity index (χ1v) is 8.08. The molecular weight excluding hydrogens is 348 g/mol. The Labute approximate surface area is 155 Å². The fourth-order valence-electron chi connectivity index (χ4n) is 2.60. The van der Waals surface area contributed by atoms with E-state index in [0.717, 1.165) is 22.3 Å². The molecule has 7 heteroatoms. The topological polar surface area (TPSA) is 103 Å². The lowest BCUT2D eigenvalue weighted by molar-refractivity contribution is -0.384. The van der Waals surface area contributed by atoms with Crippen LogP contribution in [0.25, 0.3) is 11.1 Å². The molecule has 3 aromatic rings. The highest BCUT2D eigenvalue weighted by molar-refractivity contribution is 5.89. The first-order valence-electron chi connectivity index (χ1n) is 8.08. The maximum absolute atomic E-state index is 12.2. The van der Waals surface area contributed by atoms with Crippen molar-refractivity contribution in [1.82, 2.24) is 4.98 Å². The van der Waals surface area contributed by atoms with Crippen molar-refractivity contribution in [2.45, 2.75) is 13.8 Å². The predicted octanol–water partition coefficient (Wildman–Crippen LogP) is 4.20. The van der Waals surface area contributed by atoms with E-state index in [4.69, 9.17) is 4.74 Å². The number of phenols is 1. The van der Waals surface area contributed by atoms with Gasteiger partial charge in [0.25, 0.3) is 5.69 Å². The third-order valence-electron chi connectivity index (χ3n) is 4.06. The van der Waals surface area contributed by atoms with E-state index in [1.165, 1.54) is 24.3 Å². The van der Waals surface area contributed by atoms with Crippen molar-refractivity contribution in [2.24, 2.45) is 0 Å². The second-order valence-corrected chi connectivity index (χ2v) is 6.03. The van der Waals surface area contributed by atoms with Crippen molar-refractivity contribution in [3.63, 3.8) is 0 Å². The Kier molecular flexibility index (Phi) is 4.85. The number of rotatable bonds is 4. The van der Waals surface area contributed by atoms with Crippen LogP contribution in [0.3, 0.4) is 0 Å². The van der Waals surface area contributed by atoms with Crippen LogP contribution in [0.4, 0.5) is 5.69 Å². The molecule has 0 spiro atoms. The fraction of sp³-hybridized carbons (Fsp3) is 0.100. The highest BCUT2D eigenvalue weighted by atomic mass is 16.6. The van der Waals surface area contributed by atoms with E-state index in [1.807, 2.05) is 26.0 Å². The van der Waals surface area contributed by atoms with Crippen LogP contribution in [-0.2, 0) is 0 Å². The second kappa shape index (κ2) is 7.25. The van der Waals surface area contributed by atoms with Gasteiger partial charge in [0, 0.05) is 23.9 Å². The van der Waals surface area contributed by atoms with Crippen molar-refractivity contribution >= 4 is 11.7 Å². The summed E-state index contributed by atoms with van der Waals surface area (Å²) < 4.78 is 5.18. The van der Waals surface area contributed by atoms with Crippen LogP contribution < -0.4 is 4.74 Å². The molecule has 7 nitrogen and oxygen atoms in total. The van der Waals surface area contributed by atoms with E-state index in [2.05, 4.69) is 4.98 Å². The molecule has 0 unspecified atom stereocenters. The van der Waals surface area contributed by atoms with Gasteiger partial charge in [-0.3, -0.25) is 10.1 Å². The van der Waals surface area contributed by atoms with Gasteiger partial charge < -0.3 is 9.84 Å². The normalized spacial score (nSPS) is 10.4. The van der Waals surface area contributed by atoms with E-state index in [-0.39, 0.29) is 22.9 Å². The Morgan fingerprint density at radius 3 is 2.19 bits per heavy atom. The number of phenolic OH excluding ortho intramolecular Hbond substituents is 1. The number of aromatic nitrogens is 1. The van der Waals surface area contributed by atoms with Gasteiger partial charge in [-0.25, -0.2) is 9.78 Å². The number of nitrogens with zero attached hydrogens (tertiary/aromatic N) is 2. The average molecular weight is 364 g/mol. The number of aromatic hydroxyl groups is 1. The van der Waals surface area contributed by atoms with Crippen LogP contribution in [-0.4, -0.2) is 21.0 Å². The van der Waals surface area contributed by atoms with E-state index >= 15 is 0 Å². The van der Waals surface area contributed by atoms with Gasteiger partial charge >= 0.3 is 5.97 Å². The lowest BCUT2D eigenvalue weighted by Crippen LogP contribution is -2.10. The molecule has 0 radical (unpaired) electrons. The molecular formula is C20H16N2O5. The molecule has 0 aliphatic carbocycles. The fourth-order valence-corrected chi connectivity index (χ4v) is 2.60. The first-order chi connectivity index (χ1) is 12.8. The zero-order chi connectivity index (χ0) is 19.6. The standard InChI is InChI=1S/C20H16N2O5/c1-12-9-15(10-13(2)19(12)23)14-3-8-18(21-11-14)20(24)27-17-6-4-16(5-7-17)22(25)26/h3-11,23H,1-2H3. The van der Waals surface area contributed by atoms with Gasteiger partial charge in [-0.1, -0.05) is 6.07 Å². The lowest BCUT2D eigenvalue weighted by Gasteiger charge is -2.08. The number of non-ortho nitro benzene ring substituents is 1. The Bertz CT molecular complexity index is 989. The SMILES string of the molecule is Cc1cc(-c2ccc(C(=O)Oc3ccc([N+](=O)[O-])cc3)nc2)cc(C)c1O. The summed E-state index contributed by atoms with van der Waals surface area (Å²) in [7, 11) is 0. The molecule has 0 fully saturated rings. The van der Waals surface area contributed by atoms with Crippen LogP contribution in [0.5, 0.6) is 11.5 Å². The Hall–Kier alpha value is -3.74. The third-order valence-corrected chi connectivity index (χ3v) is 4.06. The molecule has 0 saturated carbocycles. The average Bonchev–Trinajstić information content (AvgIpc) is 2.66. The number of hydrogen-bond acceptors (Lipinski definition) is 6. The number of nitro benzene ring substituents is 1. The molecule has 0 bridgehead atoms. The largest absolute Gasteiger partial charge is 0.507 e. The number of carbonyl (C=O) groups is 1. The molecule has 0 aliphatic rings. The quantitative estimate of drug-likeness (QED) is 0.322. The third kappa shape index (κ3) is 3.92. The highest BCUT2D eigenvalue weighted by Gasteiger charge is 2.13. The van der Waals surface area contributed by atoms with Crippen molar-refractivity contribution in [3.8, 4) is 22.6 Å². The summed E-state index contributed by atoms with van der Waals surface area (Å²) in [6, 6.07) is 12.2. The summed E-state index contributed by atoms with van der Waals surface area (Å²) in [6.45, 7) is 3.63. The molecule has 136 valence electrons. The van der Waals surface area contributed by atoms with Gasteiger partial charge in [0.2, 0.25) is 0 Å². The Morgan fingerprint density at radius 2 is 1.67 bits per heavy atom. The number of carbonyl (C=O) groups excluding carboxylic acids is 1. The van der Waals surface area contributed by atoms with Crippen LogP contribution >= 0.6 is 0 Å². The molecule has 2 aromatic carbocycles. The number of aryl methyl sites for hydroxylation is 2. The number of nitro groups is 1. The van der Waals surface area contributed by atoms with Crippen molar-refractivity contribution < 1.29 is 19.6 Å². The van der Waals surface area contributed by atoms with E-state index in [1.54, 1.807) is 18.3 Å². The highest BCUT2D eigenvalue weighted by Crippen LogP contribution is 2.29. The molecule has 1 aromatic heterocycles. The van der Waals surface area contributed by atoms with Crippen molar-refractivity contribution in [3.05, 3.63) is 81.7 Å². The van der Waals surface area contributed by atoms with Gasteiger partial charge in [0.05, 0.1) is 4.92 Å².